The van der Waals surface area contributed by atoms with E-state index < -0.39 is 5.95 Å². The van der Waals surface area contributed by atoms with Crippen LogP contribution in [-0.2, 0) is 19.4 Å². The minimum absolute atomic E-state index is 0.0627. The van der Waals surface area contributed by atoms with Gasteiger partial charge in [0, 0.05) is 29.8 Å². The molecular formula is C23H21FN4O. The second kappa shape index (κ2) is 6.97. The summed E-state index contributed by atoms with van der Waals surface area (Å²) in [5.41, 5.74) is 13.0. The summed E-state index contributed by atoms with van der Waals surface area (Å²) in [4.78, 5) is 16.0. The molecule has 0 radical (unpaired) electrons. The maximum absolute atomic E-state index is 14.7. The first-order valence-electron chi connectivity index (χ1n) is 9.80. The Kier molecular flexibility index (Phi) is 4.28. The third kappa shape index (κ3) is 3.15. The lowest BCUT2D eigenvalue weighted by molar-refractivity contribution is 0.0946. The molecule has 0 bridgehead atoms. The highest BCUT2D eigenvalue weighted by molar-refractivity contribution is 5.97. The smallest absolute Gasteiger partial charge is 0.251 e. The van der Waals surface area contributed by atoms with Gasteiger partial charge in [-0.15, -0.1) is 0 Å². The Bertz CT molecular complexity index is 1140. The van der Waals surface area contributed by atoms with Gasteiger partial charge in [0.15, 0.2) is 0 Å². The van der Waals surface area contributed by atoms with Crippen LogP contribution in [0.4, 0.5) is 10.2 Å². The Hall–Kier alpha value is -3.25. The summed E-state index contributed by atoms with van der Waals surface area (Å²) in [5, 5.41) is 6.19. The van der Waals surface area contributed by atoms with Gasteiger partial charge in [-0.1, -0.05) is 30.3 Å². The fourth-order valence-corrected chi connectivity index (χ4v) is 4.18. The second-order valence-corrected chi connectivity index (χ2v) is 7.55. The molecule has 5 rings (SSSR count). The lowest BCUT2D eigenvalue weighted by Crippen LogP contribution is -2.31. The van der Waals surface area contributed by atoms with Crippen molar-refractivity contribution in [2.45, 2.75) is 19.4 Å². The number of anilines is 1. The van der Waals surface area contributed by atoms with E-state index >= 15 is 0 Å². The maximum Gasteiger partial charge on any atom is 0.251 e. The molecule has 1 aromatic heterocycles. The molecule has 0 unspecified atom stereocenters. The number of carbonyl (C=O) groups is 1. The average molecular weight is 388 g/mol. The van der Waals surface area contributed by atoms with Crippen molar-refractivity contribution in [2.75, 3.05) is 18.8 Å². The number of hydrogen-bond acceptors (Lipinski definition) is 4. The fraction of sp³-hybridized carbons (Fsp3) is 0.217. The first-order valence-corrected chi connectivity index (χ1v) is 9.80. The van der Waals surface area contributed by atoms with Crippen LogP contribution in [0.2, 0.25) is 0 Å². The summed E-state index contributed by atoms with van der Waals surface area (Å²) in [5.74, 6) is -0.488. The average Bonchev–Trinajstić information content (AvgIpc) is 2.73. The topological polar surface area (TPSA) is 80.0 Å². The molecule has 6 heteroatoms. The minimum atomic E-state index is -0.572. The fourth-order valence-electron chi connectivity index (χ4n) is 4.18. The lowest BCUT2D eigenvalue weighted by atomic mass is 9.92. The SMILES string of the molecule is Nc1nc(F)c(-c2ccc3c(c2)CCNC3)cc1-c1ccc2c(c1)CCNC2=O. The van der Waals surface area contributed by atoms with Gasteiger partial charge in [-0.2, -0.15) is 4.39 Å². The maximum atomic E-state index is 14.7. The highest BCUT2D eigenvalue weighted by Crippen LogP contribution is 2.34. The molecule has 0 spiro atoms. The van der Waals surface area contributed by atoms with Crippen LogP contribution in [0.1, 0.15) is 27.0 Å². The van der Waals surface area contributed by atoms with E-state index in [0.717, 1.165) is 42.6 Å². The number of aromatic nitrogens is 1. The van der Waals surface area contributed by atoms with E-state index in [2.05, 4.69) is 15.6 Å². The van der Waals surface area contributed by atoms with Crippen LogP contribution >= 0.6 is 0 Å². The predicted octanol–water partition coefficient (Wildman–Crippen LogP) is 3.07. The van der Waals surface area contributed by atoms with Gasteiger partial charge < -0.3 is 16.4 Å². The van der Waals surface area contributed by atoms with E-state index in [1.165, 1.54) is 11.1 Å². The molecule has 0 atom stereocenters. The molecule has 2 aromatic carbocycles. The number of pyridine rings is 1. The number of benzene rings is 2. The Morgan fingerprint density at radius 3 is 2.52 bits per heavy atom. The van der Waals surface area contributed by atoms with Gasteiger partial charge in [-0.3, -0.25) is 4.79 Å². The number of amides is 1. The number of halogens is 1. The van der Waals surface area contributed by atoms with Crippen molar-refractivity contribution in [3.05, 3.63) is 70.7 Å². The third-order valence-electron chi connectivity index (χ3n) is 5.75. The monoisotopic (exact) mass is 388 g/mol. The highest BCUT2D eigenvalue weighted by atomic mass is 19.1. The Balaban J connectivity index is 1.60. The molecule has 1 amide bonds. The van der Waals surface area contributed by atoms with Gasteiger partial charge in [0.1, 0.15) is 5.82 Å². The van der Waals surface area contributed by atoms with Crippen LogP contribution in [0, 0.1) is 5.95 Å². The molecule has 146 valence electrons. The first-order chi connectivity index (χ1) is 14.1. The van der Waals surface area contributed by atoms with E-state index in [1.807, 2.05) is 30.3 Å². The number of fused-ring (bicyclic) bond motifs is 2. The quantitative estimate of drug-likeness (QED) is 0.590. The van der Waals surface area contributed by atoms with Crippen molar-refractivity contribution in [2.24, 2.45) is 0 Å². The van der Waals surface area contributed by atoms with Gasteiger partial charge >= 0.3 is 0 Å². The van der Waals surface area contributed by atoms with Gasteiger partial charge in [-0.05, 0) is 59.3 Å². The third-order valence-corrected chi connectivity index (χ3v) is 5.75. The summed E-state index contributed by atoms with van der Waals surface area (Å²) in [6, 6.07) is 13.4. The summed E-state index contributed by atoms with van der Waals surface area (Å²) in [6.45, 7) is 2.38. The van der Waals surface area contributed by atoms with Crippen LogP contribution in [0.5, 0.6) is 0 Å². The number of nitrogens with one attached hydrogen (secondary N) is 2. The number of rotatable bonds is 2. The van der Waals surface area contributed by atoms with Gasteiger partial charge in [0.25, 0.3) is 5.91 Å². The van der Waals surface area contributed by atoms with Crippen molar-refractivity contribution in [1.82, 2.24) is 15.6 Å². The number of hydrogen-bond donors (Lipinski definition) is 3. The normalized spacial score (nSPS) is 15.4. The first kappa shape index (κ1) is 17.8. The van der Waals surface area contributed by atoms with Gasteiger partial charge in [0.05, 0.1) is 0 Å². The Morgan fingerprint density at radius 1 is 0.862 bits per heavy atom. The Labute approximate surface area is 168 Å². The van der Waals surface area contributed by atoms with Crippen LogP contribution in [0.3, 0.4) is 0 Å². The van der Waals surface area contributed by atoms with Crippen LogP contribution in [-0.4, -0.2) is 24.0 Å². The van der Waals surface area contributed by atoms with E-state index in [9.17, 15) is 9.18 Å². The summed E-state index contributed by atoms with van der Waals surface area (Å²) < 4.78 is 14.7. The standard InChI is InChI=1S/C23H21FN4O/c24-21-19(14-1-2-17-12-26-7-5-13(17)9-14)11-20(22(25)28-21)15-3-4-18-16(10-15)6-8-27-23(18)29/h1-4,9-11,26H,5-8,12H2,(H2,25,28)(H,27,29). The number of carbonyl (C=O) groups excluding carboxylic acids is 1. The second-order valence-electron chi connectivity index (χ2n) is 7.55. The van der Waals surface area contributed by atoms with Crippen molar-refractivity contribution in [3.63, 3.8) is 0 Å². The minimum Gasteiger partial charge on any atom is -0.383 e. The molecule has 3 heterocycles. The van der Waals surface area contributed by atoms with E-state index in [0.29, 0.717) is 23.2 Å². The summed E-state index contributed by atoms with van der Waals surface area (Å²) in [6.07, 6.45) is 1.68. The van der Waals surface area contributed by atoms with Gasteiger partial charge in [-0.25, -0.2) is 4.98 Å². The number of nitrogen functional groups attached to an aromatic ring is 1. The molecule has 0 saturated carbocycles. The predicted molar refractivity (Wildman–Crippen MR) is 111 cm³/mol. The number of nitrogens with zero attached hydrogens (tertiary/aromatic N) is 1. The van der Waals surface area contributed by atoms with Crippen molar-refractivity contribution >= 4 is 11.7 Å². The zero-order chi connectivity index (χ0) is 20.0. The molecule has 2 aliphatic rings. The molecule has 5 nitrogen and oxygen atoms in total. The van der Waals surface area contributed by atoms with Crippen molar-refractivity contribution in [3.8, 4) is 22.3 Å². The van der Waals surface area contributed by atoms with Crippen molar-refractivity contribution < 1.29 is 9.18 Å². The van der Waals surface area contributed by atoms with E-state index in [1.54, 1.807) is 12.1 Å². The molecule has 4 N–H and O–H groups in total. The largest absolute Gasteiger partial charge is 0.383 e. The molecule has 2 aliphatic heterocycles. The van der Waals surface area contributed by atoms with E-state index in [4.69, 9.17) is 5.73 Å². The van der Waals surface area contributed by atoms with E-state index in [-0.39, 0.29) is 11.7 Å². The Morgan fingerprint density at radius 2 is 1.62 bits per heavy atom. The summed E-state index contributed by atoms with van der Waals surface area (Å²) in [7, 11) is 0. The highest BCUT2D eigenvalue weighted by Gasteiger charge is 2.19. The van der Waals surface area contributed by atoms with Crippen LogP contribution in [0.25, 0.3) is 22.3 Å². The molecule has 0 fully saturated rings. The zero-order valence-electron chi connectivity index (χ0n) is 15.9. The molecular weight excluding hydrogens is 367 g/mol. The molecule has 29 heavy (non-hydrogen) atoms. The van der Waals surface area contributed by atoms with Crippen molar-refractivity contribution in [1.29, 1.82) is 0 Å². The summed E-state index contributed by atoms with van der Waals surface area (Å²) >= 11 is 0. The van der Waals surface area contributed by atoms with Crippen LogP contribution < -0.4 is 16.4 Å². The van der Waals surface area contributed by atoms with Crippen LogP contribution in [0.15, 0.2) is 42.5 Å². The molecule has 3 aromatic rings. The zero-order valence-corrected chi connectivity index (χ0v) is 15.9. The van der Waals surface area contributed by atoms with Gasteiger partial charge in [0.2, 0.25) is 5.95 Å². The molecule has 0 saturated heterocycles. The lowest BCUT2D eigenvalue weighted by Gasteiger charge is -2.19. The molecule has 0 aliphatic carbocycles. The number of nitrogens with two attached hydrogens (primary N) is 1.